The van der Waals surface area contributed by atoms with Crippen LogP contribution in [0.15, 0.2) is 48.8 Å². The number of pyridine rings is 1. The Morgan fingerprint density at radius 2 is 2.00 bits per heavy atom. The average Bonchev–Trinajstić information content (AvgIpc) is 2.99. The van der Waals surface area contributed by atoms with Gasteiger partial charge >= 0.3 is 0 Å². The predicted molar refractivity (Wildman–Crippen MR) is 94.8 cm³/mol. The van der Waals surface area contributed by atoms with Gasteiger partial charge in [0, 0.05) is 24.7 Å². The Hall–Kier alpha value is -2.89. The van der Waals surface area contributed by atoms with Gasteiger partial charge in [-0.1, -0.05) is 24.3 Å². The number of nitrogens with zero attached hydrogens (tertiary/aromatic N) is 3. The van der Waals surface area contributed by atoms with Crippen LogP contribution in [0.5, 0.6) is 0 Å². The van der Waals surface area contributed by atoms with Crippen LogP contribution in [0.25, 0.3) is 10.9 Å². The van der Waals surface area contributed by atoms with E-state index < -0.39 is 0 Å². The van der Waals surface area contributed by atoms with E-state index in [9.17, 15) is 4.79 Å². The number of carbonyl (C=O) groups is 1. The van der Waals surface area contributed by atoms with E-state index in [-0.39, 0.29) is 12.5 Å². The minimum atomic E-state index is -0.0303. The van der Waals surface area contributed by atoms with Crippen molar-refractivity contribution in [3.05, 3.63) is 54.4 Å². The first-order chi connectivity index (χ1) is 11.7. The standard InChI is InChI=1S/C18H21N5O/c1-14-7-8-17(21-11-14)19-9-4-10-20-18(24)13-23-16-6-3-2-5-15(16)12-22-23/h2-3,5-8,11-12H,4,9-10,13H2,1H3,(H,19,21)(H,20,24). The predicted octanol–water partition coefficient (Wildman–Crippen LogP) is 2.36. The summed E-state index contributed by atoms with van der Waals surface area (Å²) >= 11 is 0. The molecule has 2 N–H and O–H groups in total. The summed E-state index contributed by atoms with van der Waals surface area (Å²) in [6.07, 6.45) is 4.45. The van der Waals surface area contributed by atoms with Crippen molar-refractivity contribution in [2.45, 2.75) is 19.9 Å². The summed E-state index contributed by atoms with van der Waals surface area (Å²) in [5, 5.41) is 11.5. The topological polar surface area (TPSA) is 71.8 Å². The molecule has 3 aromatic rings. The van der Waals surface area contributed by atoms with Crippen molar-refractivity contribution < 1.29 is 4.79 Å². The first kappa shape index (κ1) is 16.0. The summed E-state index contributed by atoms with van der Waals surface area (Å²) in [4.78, 5) is 16.3. The van der Waals surface area contributed by atoms with Crippen molar-refractivity contribution in [3.63, 3.8) is 0 Å². The van der Waals surface area contributed by atoms with Gasteiger partial charge in [0.1, 0.15) is 12.4 Å². The fourth-order valence-corrected chi connectivity index (χ4v) is 2.45. The lowest BCUT2D eigenvalue weighted by molar-refractivity contribution is -0.121. The van der Waals surface area contributed by atoms with Crippen LogP contribution in [-0.2, 0) is 11.3 Å². The van der Waals surface area contributed by atoms with Gasteiger partial charge in [0.25, 0.3) is 0 Å². The molecule has 0 aliphatic rings. The highest BCUT2D eigenvalue weighted by molar-refractivity contribution is 5.81. The third-order valence-electron chi connectivity index (χ3n) is 3.74. The third kappa shape index (κ3) is 4.10. The van der Waals surface area contributed by atoms with E-state index in [4.69, 9.17) is 0 Å². The normalized spacial score (nSPS) is 10.7. The summed E-state index contributed by atoms with van der Waals surface area (Å²) in [5.74, 6) is 0.826. The minimum absolute atomic E-state index is 0.0303. The molecule has 1 aromatic carbocycles. The molecule has 0 unspecified atom stereocenters. The zero-order valence-corrected chi connectivity index (χ0v) is 13.7. The quantitative estimate of drug-likeness (QED) is 0.655. The van der Waals surface area contributed by atoms with E-state index in [0.29, 0.717) is 6.54 Å². The molecule has 0 spiro atoms. The van der Waals surface area contributed by atoms with Crippen molar-refractivity contribution in [2.24, 2.45) is 0 Å². The molecule has 0 aliphatic heterocycles. The van der Waals surface area contributed by atoms with E-state index in [1.807, 2.05) is 49.5 Å². The number of hydrogen-bond donors (Lipinski definition) is 2. The number of carbonyl (C=O) groups excluding carboxylic acids is 1. The highest BCUT2D eigenvalue weighted by atomic mass is 16.2. The van der Waals surface area contributed by atoms with Crippen molar-refractivity contribution in [1.29, 1.82) is 0 Å². The second kappa shape index (κ2) is 7.59. The highest BCUT2D eigenvalue weighted by Crippen LogP contribution is 2.12. The Bertz CT molecular complexity index is 810. The maximum atomic E-state index is 12.0. The second-order valence-corrected chi connectivity index (χ2v) is 5.71. The largest absolute Gasteiger partial charge is 0.370 e. The first-order valence-corrected chi connectivity index (χ1v) is 8.06. The molecule has 0 saturated carbocycles. The van der Waals surface area contributed by atoms with Crippen molar-refractivity contribution in [2.75, 3.05) is 18.4 Å². The van der Waals surface area contributed by atoms with Gasteiger partial charge in [0.2, 0.25) is 5.91 Å². The molecule has 0 atom stereocenters. The van der Waals surface area contributed by atoms with Gasteiger partial charge < -0.3 is 10.6 Å². The number of benzene rings is 1. The molecule has 6 nitrogen and oxygen atoms in total. The lowest BCUT2D eigenvalue weighted by Gasteiger charge is -2.08. The zero-order chi connectivity index (χ0) is 16.8. The summed E-state index contributed by atoms with van der Waals surface area (Å²) in [7, 11) is 0. The Balaban J connectivity index is 1.39. The first-order valence-electron chi connectivity index (χ1n) is 8.06. The van der Waals surface area contributed by atoms with Gasteiger partial charge in [-0.05, 0) is 31.0 Å². The van der Waals surface area contributed by atoms with Gasteiger partial charge in [0.15, 0.2) is 0 Å². The van der Waals surface area contributed by atoms with E-state index in [0.717, 1.165) is 35.2 Å². The third-order valence-corrected chi connectivity index (χ3v) is 3.74. The van der Waals surface area contributed by atoms with Crippen molar-refractivity contribution in [1.82, 2.24) is 20.1 Å². The van der Waals surface area contributed by atoms with Crippen LogP contribution in [0.2, 0.25) is 0 Å². The number of anilines is 1. The van der Waals surface area contributed by atoms with Crippen LogP contribution >= 0.6 is 0 Å². The van der Waals surface area contributed by atoms with Crippen LogP contribution < -0.4 is 10.6 Å². The van der Waals surface area contributed by atoms with E-state index in [2.05, 4.69) is 20.7 Å². The number of hydrogen-bond acceptors (Lipinski definition) is 4. The fraction of sp³-hybridized carbons (Fsp3) is 0.278. The summed E-state index contributed by atoms with van der Waals surface area (Å²) in [5.41, 5.74) is 2.11. The van der Waals surface area contributed by atoms with Gasteiger partial charge in [0.05, 0.1) is 11.7 Å². The average molecular weight is 323 g/mol. The molecule has 124 valence electrons. The Morgan fingerprint density at radius 1 is 1.12 bits per heavy atom. The lowest BCUT2D eigenvalue weighted by Crippen LogP contribution is -2.29. The molecule has 0 saturated heterocycles. The van der Waals surface area contributed by atoms with Crippen LogP contribution in [0.4, 0.5) is 5.82 Å². The molecular weight excluding hydrogens is 302 g/mol. The summed E-state index contributed by atoms with van der Waals surface area (Å²) in [6.45, 7) is 3.63. The van der Waals surface area contributed by atoms with Crippen molar-refractivity contribution in [3.8, 4) is 0 Å². The number of aromatic nitrogens is 3. The summed E-state index contributed by atoms with van der Waals surface area (Å²) in [6, 6.07) is 11.8. The second-order valence-electron chi connectivity index (χ2n) is 5.71. The summed E-state index contributed by atoms with van der Waals surface area (Å²) < 4.78 is 1.72. The Kier molecular flexibility index (Phi) is 5.05. The van der Waals surface area contributed by atoms with E-state index in [1.54, 1.807) is 10.9 Å². The van der Waals surface area contributed by atoms with Crippen LogP contribution in [0.1, 0.15) is 12.0 Å². The Morgan fingerprint density at radius 3 is 2.83 bits per heavy atom. The molecule has 0 bridgehead atoms. The lowest BCUT2D eigenvalue weighted by atomic mass is 10.2. The van der Waals surface area contributed by atoms with Crippen molar-refractivity contribution >= 4 is 22.6 Å². The molecule has 0 fully saturated rings. The van der Waals surface area contributed by atoms with E-state index >= 15 is 0 Å². The van der Waals surface area contributed by atoms with E-state index in [1.165, 1.54) is 0 Å². The fourth-order valence-electron chi connectivity index (χ4n) is 2.45. The Labute approximate surface area is 140 Å². The smallest absolute Gasteiger partial charge is 0.241 e. The highest BCUT2D eigenvalue weighted by Gasteiger charge is 2.06. The van der Waals surface area contributed by atoms with Gasteiger partial charge in [-0.3, -0.25) is 9.48 Å². The number of para-hydroxylation sites is 1. The SMILES string of the molecule is Cc1ccc(NCCCNC(=O)Cn2ncc3ccccc32)nc1. The molecule has 2 aromatic heterocycles. The molecule has 6 heteroatoms. The number of aryl methyl sites for hydroxylation is 1. The van der Waals surface area contributed by atoms with Crippen LogP contribution in [0, 0.1) is 6.92 Å². The van der Waals surface area contributed by atoms with Crippen LogP contribution in [-0.4, -0.2) is 33.8 Å². The number of rotatable bonds is 7. The van der Waals surface area contributed by atoms with Gasteiger partial charge in [-0.15, -0.1) is 0 Å². The molecule has 3 rings (SSSR count). The minimum Gasteiger partial charge on any atom is -0.370 e. The molecule has 0 radical (unpaired) electrons. The zero-order valence-electron chi connectivity index (χ0n) is 13.7. The number of fused-ring (bicyclic) bond motifs is 1. The van der Waals surface area contributed by atoms with Gasteiger partial charge in [-0.2, -0.15) is 5.10 Å². The van der Waals surface area contributed by atoms with Gasteiger partial charge in [-0.25, -0.2) is 4.98 Å². The molecule has 2 heterocycles. The monoisotopic (exact) mass is 323 g/mol. The molecule has 1 amide bonds. The maximum Gasteiger partial charge on any atom is 0.241 e. The van der Waals surface area contributed by atoms with Crippen LogP contribution in [0.3, 0.4) is 0 Å². The number of nitrogens with one attached hydrogen (secondary N) is 2. The molecule has 0 aliphatic carbocycles. The maximum absolute atomic E-state index is 12.0. The number of amides is 1. The molecular formula is C18H21N5O. The molecule has 24 heavy (non-hydrogen) atoms.